The number of nitrogens with one attached hydrogen (secondary N) is 1. The number of carbonyl (C=O) groups excluding carboxylic acids is 1. The van der Waals surface area contributed by atoms with Gasteiger partial charge in [0.2, 0.25) is 15.9 Å². The van der Waals surface area contributed by atoms with E-state index < -0.39 is 10.0 Å². The summed E-state index contributed by atoms with van der Waals surface area (Å²) in [4.78, 5) is 14.6. The molecule has 156 valence electrons. The number of sulfonamides is 1. The highest BCUT2D eigenvalue weighted by atomic mass is 32.2. The predicted molar refractivity (Wildman–Crippen MR) is 113 cm³/mol. The van der Waals surface area contributed by atoms with Gasteiger partial charge in [0.05, 0.1) is 18.9 Å². The fourth-order valence-corrected chi connectivity index (χ4v) is 4.85. The lowest BCUT2D eigenvalue weighted by atomic mass is 10.2. The number of ether oxygens (including phenoxy) is 1. The summed E-state index contributed by atoms with van der Waals surface area (Å²) in [5.41, 5.74) is 1.48. The zero-order valence-electron chi connectivity index (χ0n) is 16.7. The maximum atomic E-state index is 12.7. The highest BCUT2D eigenvalue weighted by Crippen LogP contribution is 2.18. The van der Waals surface area contributed by atoms with Crippen LogP contribution in [0, 0.1) is 0 Å². The quantitative estimate of drug-likeness (QED) is 0.747. The first-order valence-electron chi connectivity index (χ1n) is 9.60. The summed E-state index contributed by atoms with van der Waals surface area (Å²) in [6.07, 6.45) is 0. The Morgan fingerprint density at radius 1 is 1.03 bits per heavy atom. The van der Waals surface area contributed by atoms with E-state index in [4.69, 9.17) is 4.74 Å². The number of anilines is 1. The van der Waals surface area contributed by atoms with Gasteiger partial charge in [0.15, 0.2) is 0 Å². The van der Waals surface area contributed by atoms with Gasteiger partial charge in [-0.25, -0.2) is 8.42 Å². The van der Waals surface area contributed by atoms with Crippen LogP contribution in [0.3, 0.4) is 0 Å². The van der Waals surface area contributed by atoms with E-state index in [0.717, 1.165) is 11.3 Å². The average Bonchev–Trinajstić information content (AvgIpc) is 2.74. The Morgan fingerprint density at radius 3 is 2.24 bits per heavy atom. The third-order valence-electron chi connectivity index (χ3n) is 5.14. The number of methoxy groups -OCH3 is 1. The predicted octanol–water partition coefficient (Wildman–Crippen LogP) is 2.17. The maximum Gasteiger partial charge on any atom is 0.241 e. The first kappa shape index (κ1) is 21.3. The van der Waals surface area contributed by atoms with E-state index in [-0.39, 0.29) is 17.7 Å². The minimum absolute atomic E-state index is 0.00134. The fourth-order valence-electron chi connectivity index (χ4n) is 3.33. The summed E-state index contributed by atoms with van der Waals surface area (Å²) in [5.74, 6) is 0.612. The number of hydrogen-bond acceptors (Lipinski definition) is 5. The van der Waals surface area contributed by atoms with Crippen LogP contribution in [0.15, 0.2) is 54.6 Å². The standard InChI is InChI=1S/C21H27N3O4S/c1-17(21(25)22-19-8-10-20(28-2)11-9-19)23-12-14-24(15-13-23)29(26,27)16-18-6-4-3-5-7-18/h3-11,17H,12-16H2,1-2H3,(H,22,25). The molecule has 1 unspecified atom stereocenters. The Morgan fingerprint density at radius 2 is 1.66 bits per heavy atom. The molecule has 8 heteroatoms. The molecule has 1 aliphatic rings. The molecule has 1 atom stereocenters. The van der Waals surface area contributed by atoms with Gasteiger partial charge in [0.1, 0.15) is 5.75 Å². The minimum Gasteiger partial charge on any atom is -0.497 e. The molecule has 0 aromatic heterocycles. The lowest BCUT2D eigenvalue weighted by molar-refractivity contribution is -0.121. The summed E-state index contributed by atoms with van der Waals surface area (Å²) in [7, 11) is -1.77. The van der Waals surface area contributed by atoms with Crippen molar-refractivity contribution in [2.75, 3.05) is 38.6 Å². The number of benzene rings is 2. The van der Waals surface area contributed by atoms with Crippen molar-refractivity contribution in [1.82, 2.24) is 9.21 Å². The van der Waals surface area contributed by atoms with Crippen molar-refractivity contribution in [3.63, 3.8) is 0 Å². The molecule has 7 nitrogen and oxygen atoms in total. The molecular formula is C21H27N3O4S. The zero-order chi connectivity index (χ0) is 20.9. The molecule has 1 amide bonds. The second-order valence-electron chi connectivity index (χ2n) is 7.07. The molecule has 0 spiro atoms. The highest BCUT2D eigenvalue weighted by Gasteiger charge is 2.30. The molecule has 1 N–H and O–H groups in total. The number of rotatable bonds is 7. The van der Waals surface area contributed by atoms with E-state index in [0.29, 0.717) is 31.9 Å². The molecular weight excluding hydrogens is 390 g/mol. The summed E-state index contributed by atoms with van der Waals surface area (Å²) in [6.45, 7) is 3.65. The zero-order valence-corrected chi connectivity index (χ0v) is 17.6. The monoisotopic (exact) mass is 417 g/mol. The van der Waals surface area contributed by atoms with E-state index in [9.17, 15) is 13.2 Å². The van der Waals surface area contributed by atoms with Crippen molar-refractivity contribution >= 4 is 21.6 Å². The van der Waals surface area contributed by atoms with Gasteiger partial charge in [-0.3, -0.25) is 9.69 Å². The van der Waals surface area contributed by atoms with E-state index in [1.807, 2.05) is 42.2 Å². The molecule has 29 heavy (non-hydrogen) atoms. The normalized spacial score (nSPS) is 16.9. The molecule has 3 rings (SSSR count). The molecule has 2 aromatic carbocycles. The van der Waals surface area contributed by atoms with Crippen LogP contribution >= 0.6 is 0 Å². The Hall–Kier alpha value is -2.42. The summed E-state index contributed by atoms with van der Waals surface area (Å²) in [6, 6.07) is 16.0. The Balaban J connectivity index is 1.53. The highest BCUT2D eigenvalue weighted by molar-refractivity contribution is 7.88. The van der Waals surface area contributed by atoms with Gasteiger partial charge in [-0.1, -0.05) is 30.3 Å². The average molecular weight is 418 g/mol. The van der Waals surface area contributed by atoms with E-state index >= 15 is 0 Å². The number of carbonyl (C=O) groups is 1. The second-order valence-corrected chi connectivity index (χ2v) is 9.04. The van der Waals surface area contributed by atoms with Crippen LogP contribution < -0.4 is 10.1 Å². The van der Waals surface area contributed by atoms with Gasteiger partial charge in [-0.05, 0) is 36.8 Å². The van der Waals surface area contributed by atoms with Crippen molar-refractivity contribution in [1.29, 1.82) is 0 Å². The molecule has 0 radical (unpaired) electrons. The van der Waals surface area contributed by atoms with Crippen LogP contribution in [0.25, 0.3) is 0 Å². The smallest absolute Gasteiger partial charge is 0.241 e. The first-order valence-corrected chi connectivity index (χ1v) is 11.2. The molecule has 1 aliphatic heterocycles. The SMILES string of the molecule is COc1ccc(NC(=O)C(C)N2CCN(S(=O)(=O)Cc3ccccc3)CC2)cc1. The lowest BCUT2D eigenvalue weighted by Crippen LogP contribution is -2.54. The lowest BCUT2D eigenvalue weighted by Gasteiger charge is -2.36. The van der Waals surface area contributed by atoms with Crippen molar-refractivity contribution in [3.8, 4) is 5.75 Å². The van der Waals surface area contributed by atoms with Gasteiger partial charge >= 0.3 is 0 Å². The molecule has 0 aliphatic carbocycles. The molecule has 2 aromatic rings. The number of hydrogen-bond donors (Lipinski definition) is 1. The van der Waals surface area contributed by atoms with Gasteiger partial charge in [0, 0.05) is 31.9 Å². The van der Waals surface area contributed by atoms with Gasteiger partial charge in [0.25, 0.3) is 0 Å². The van der Waals surface area contributed by atoms with Crippen molar-refractivity contribution in [3.05, 3.63) is 60.2 Å². The van der Waals surface area contributed by atoms with E-state index in [1.165, 1.54) is 4.31 Å². The van der Waals surface area contributed by atoms with E-state index in [2.05, 4.69) is 5.32 Å². The fraction of sp³-hybridized carbons (Fsp3) is 0.381. The molecule has 1 saturated heterocycles. The van der Waals surface area contributed by atoms with E-state index in [1.54, 1.807) is 31.4 Å². The molecule has 0 bridgehead atoms. The minimum atomic E-state index is -3.37. The third kappa shape index (κ3) is 5.56. The number of piperazine rings is 1. The Bertz CT molecular complexity index is 909. The second kappa shape index (κ2) is 9.39. The van der Waals surface area contributed by atoms with Crippen LogP contribution in [-0.4, -0.2) is 62.9 Å². The van der Waals surface area contributed by atoms with Crippen molar-refractivity contribution < 1.29 is 17.9 Å². The summed E-state index contributed by atoms with van der Waals surface area (Å²) >= 11 is 0. The number of nitrogens with zero attached hydrogens (tertiary/aromatic N) is 2. The first-order chi connectivity index (χ1) is 13.9. The summed E-state index contributed by atoms with van der Waals surface area (Å²) in [5, 5.41) is 2.90. The third-order valence-corrected chi connectivity index (χ3v) is 6.99. The number of amides is 1. The van der Waals surface area contributed by atoms with Crippen LogP contribution in [-0.2, 0) is 20.6 Å². The van der Waals surface area contributed by atoms with Crippen LogP contribution in [0.5, 0.6) is 5.75 Å². The van der Waals surface area contributed by atoms with Crippen molar-refractivity contribution in [2.24, 2.45) is 0 Å². The van der Waals surface area contributed by atoms with Gasteiger partial charge in [-0.2, -0.15) is 4.31 Å². The van der Waals surface area contributed by atoms with Gasteiger partial charge < -0.3 is 10.1 Å². The van der Waals surface area contributed by atoms with Crippen LogP contribution in [0.4, 0.5) is 5.69 Å². The molecule has 1 fully saturated rings. The Labute approximate surface area is 172 Å². The Kier molecular flexibility index (Phi) is 6.89. The van der Waals surface area contributed by atoms with Crippen LogP contribution in [0.2, 0.25) is 0 Å². The topological polar surface area (TPSA) is 79.0 Å². The van der Waals surface area contributed by atoms with Crippen LogP contribution in [0.1, 0.15) is 12.5 Å². The van der Waals surface area contributed by atoms with Crippen molar-refractivity contribution in [2.45, 2.75) is 18.7 Å². The maximum absolute atomic E-state index is 12.7. The molecule has 0 saturated carbocycles. The summed E-state index contributed by atoms with van der Waals surface area (Å²) < 4.78 is 32.0. The molecule has 1 heterocycles. The largest absolute Gasteiger partial charge is 0.497 e. The van der Waals surface area contributed by atoms with Gasteiger partial charge in [-0.15, -0.1) is 0 Å².